The van der Waals surface area contributed by atoms with Crippen molar-refractivity contribution in [3.05, 3.63) is 23.5 Å². The Morgan fingerprint density at radius 2 is 2.20 bits per heavy atom. The maximum atomic E-state index is 13.2. The number of aryl methyl sites for hydroxylation is 1. The van der Waals surface area contributed by atoms with Crippen molar-refractivity contribution in [1.29, 1.82) is 0 Å². The van der Waals surface area contributed by atoms with Crippen molar-refractivity contribution in [1.82, 2.24) is 20.5 Å². The zero-order chi connectivity index (χ0) is 21.5. The smallest absolute Gasteiger partial charge is 0.406 e. The molecule has 9 nitrogen and oxygen atoms in total. The summed E-state index contributed by atoms with van der Waals surface area (Å²) in [5, 5.41) is 5.91. The summed E-state index contributed by atoms with van der Waals surface area (Å²) in [5.74, 6) is 0.728. The van der Waals surface area contributed by atoms with Gasteiger partial charge < -0.3 is 29.7 Å². The first-order valence-corrected chi connectivity index (χ1v) is 10.5. The van der Waals surface area contributed by atoms with Crippen LogP contribution in [0.25, 0.3) is 0 Å². The Morgan fingerprint density at radius 3 is 2.83 bits per heavy atom. The Balaban J connectivity index is 1.70. The normalized spacial score (nSPS) is 19.6. The number of carbonyl (C=O) groups excluding carboxylic acids is 2. The first kappa shape index (κ1) is 22.3. The van der Waals surface area contributed by atoms with Gasteiger partial charge in [0.05, 0.1) is 38.8 Å². The molecule has 1 aromatic heterocycles. The molecule has 1 saturated heterocycles. The summed E-state index contributed by atoms with van der Waals surface area (Å²) in [6, 6.07) is 2.09. The summed E-state index contributed by atoms with van der Waals surface area (Å²) >= 11 is 0. The van der Waals surface area contributed by atoms with Gasteiger partial charge in [-0.3, -0.25) is 9.78 Å². The van der Waals surface area contributed by atoms with Gasteiger partial charge >= 0.3 is 6.09 Å². The molecule has 0 radical (unpaired) electrons. The van der Waals surface area contributed by atoms with E-state index in [4.69, 9.17) is 9.47 Å². The van der Waals surface area contributed by atoms with Gasteiger partial charge in [-0.1, -0.05) is 0 Å². The minimum atomic E-state index is -0.441. The van der Waals surface area contributed by atoms with Crippen LogP contribution < -0.4 is 15.4 Å². The number of hydrogen-bond donors (Lipinski definition) is 2. The number of carbonyl (C=O) groups is 2. The fraction of sp³-hybridized carbons (Fsp3) is 0.667. The predicted octanol–water partition coefficient (Wildman–Crippen LogP) is 1.42. The zero-order valence-corrected chi connectivity index (χ0v) is 18.0. The molecule has 2 atom stereocenters. The maximum absolute atomic E-state index is 13.2. The average Bonchev–Trinajstić information content (AvgIpc) is 3.62. The van der Waals surface area contributed by atoms with Crippen molar-refractivity contribution in [2.24, 2.45) is 0 Å². The Hall–Kier alpha value is -2.39. The number of morpholine rings is 1. The highest BCUT2D eigenvalue weighted by Gasteiger charge is 2.40. The van der Waals surface area contributed by atoms with Gasteiger partial charge in [-0.05, 0) is 44.2 Å². The van der Waals surface area contributed by atoms with Crippen molar-refractivity contribution < 1.29 is 23.8 Å². The molecule has 1 aliphatic carbocycles. The van der Waals surface area contributed by atoms with Crippen LogP contribution in [0.2, 0.25) is 0 Å². The molecule has 2 amide bonds. The topological polar surface area (TPSA) is 102 Å². The van der Waals surface area contributed by atoms with E-state index in [1.165, 1.54) is 7.11 Å². The van der Waals surface area contributed by atoms with E-state index in [9.17, 15) is 9.59 Å². The van der Waals surface area contributed by atoms with Gasteiger partial charge in [-0.2, -0.15) is 0 Å². The van der Waals surface area contributed by atoms with Gasteiger partial charge in [0.15, 0.2) is 0 Å². The highest BCUT2D eigenvalue weighted by molar-refractivity contribution is 5.82. The van der Waals surface area contributed by atoms with Gasteiger partial charge in [-0.25, -0.2) is 4.79 Å². The van der Waals surface area contributed by atoms with E-state index in [2.05, 4.69) is 20.4 Å². The first-order valence-electron chi connectivity index (χ1n) is 10.5. The summed E-state index contributed by atoms with van der Waals surface area (Å²) in [6.07, 6.45) is 4.30. The standard InChI is InChI=1S/C21H32N4O5/c1-14(25(16-6-7-16)20(26)19-12-22-9-10-30-19)17-11-15(18(28-2)13-24-17)5-4-8-23-21(27)29-3/h11,13-14,16,19,22H,4-10,12H2,1-3H3,(H,23,27)/t14-,19-/m1/s1. The summed E-state index contributed by atoms with van der Waals surface area (Å²) in [7, 11) is 2.96. The molecule has 0 spiro atoms. The lowest BCUT2D eigenvalue weighted by Gasteiger charge is -2.34. The van der Waals surface area contributed by atoms with E-state index < -0.39 is 12.2 Å². The number of methoxy groups -OCH3 is 2. The number of alkyl carbamates (subject to hydrolysis) is 1. The van der Waals surface area contributed by atoms with Crippen LogP contribution in [0.15, 0.2) is 12.3 Å². The van der Waals surface area contributed by atoms with Crippen molar-refractivity contribution in [2.45, 2.75) is 50.8 Å². The number of nitrogens with one attached hydrogen (secondary N) is 2. The maximum Gasteiger partial charge on any atom is 0.406 e. The molecule has 9 heteroatoms. The van der Waals surface area contributed by atoms with Gasteiger partial charge in [0, 0.05) is 25.7 Å². The Labute approximate surface area is 177 Å². The van der Waals surface area contributed by atoms with E-state index in [1.54, 1.807) is 13.3 Å². The van der Waals surface area contributed by atoms with E-state index >= 15 is 0 Å². The molecule has 0 bridgehead atoms. The lowest BCUT2D eigenvalue weighted by Crippen LogP contribution is -2.50. The molecule has 3 rings (SSSR count). The van der Waals surface area contributed by atoms with Crippen LogP contribution in [0.1, 0.15) is 43.5 Å². The molecule has 30 heavy (non-hydrogen) atoms. The highest BCUT2D eigenvalue weighted by Crippen LogP contribution is 2.35. The number of pyridine rings is 1. The molecule has 2 fully saturated rings. The second-order valence-corrected chi connectivity index (χ2v) is 7.66. The van der Waals surface area contributed by atoms with Gasteiger partial charge in [0.2, 0.25) is 0 Å². The molecule has 0 aromatic carbocycles. The van der Waals surface area contributed by atoms with Crippen LogP contribution in [0.4, 0.5) is 4.79 Å². The monoisotopic (exact) mass is 420 g/mol. The van der Waals surface area contributed by atoms with Crippen LogP contribution in [0.5, 0.6) is 5.75 Å². The van der Waals surface area contributed by atoms with E-state index in [0.29, 0.717) is 31.9 Å². The second-order valence-electron chi connectivity index (χ2n) is 7.66. The summed E-state index contributed by atoms with van der Waals surface area (Å²) in [6.45, 7) is 4.39. The number of ether oxygens (including phenoxy) is 3. The van der Waals surface area contributed by atoms with Crippen molar-refractivity contribution in [3.63, 3.8) is 0 Å². The van der Waals surface area contributed by atoms with E-state index in [-0.39, 0.29) is 18.0 Å². The Bertz CT molecular complexity index is 734. The minimum absolute atomic E-state index is 0.0265. The quantitative estimate of drug-likeness (QED) is 0.583. The number of hydrogen-bond acceptors (Lipinski definition) is 7. The molecule has 2 heterocycles. The lowest BCUT2D eigenvalue weighted by molar-refractivity contribution is -0.148. The average molecular weight is 421 g/mol. The fourth-order valence-corrected chi connectivity index (χ4v) is 3.72. The van der Waals surface area contributed by atoms with Crippen LogP contribution in [-0.4, -0.2) is 74.5 Å². The molecule has 1 saturated carbocycles. The SMILES string of the molecule is COC(=O)NCCCc1cc([C@@H](C)N(C(=O)[C@H]2CNCCO2)C2CC2)ncc1OC. The van der Waals surface area contributed by atoms with Crippen molar-refractivity contribution in [2.75, 3.05) is 40.5 Å². The summed E-state index contributed by atoms with van der Waals surface area (Å²) in [4.78, 5) is 30.9. The van der Waals surface area contributed by atoms with E-state index in [0.717, 1.165) is 37.1 Å². The predicted molar refractivity (Wildman–Crippen MR) is 110 cm³/mol. The Morgan fingerprint density at radius 1 is 1.40 bits per heavy atom. The summed E-state index contributed by atoms with van der Waals surface area (Å²) < 4.78 is 15.7. The third kappa shape index (κ3) is 5.60. The van der Waals surface area contributed by atoms with Crippen molar-refractivity contribution in [3.8, 4) is 5.75 Å². The first-order chi connectivity index (χ1) is 14.5. The minimum Gasteiger partial charge on any atom is -0.495 e. The van der Waals surface area contributed by atoms with Gasteiger partial charge in [-0.15, -0.1) is 0 Å². The van der Waals surface area contributed by atoms with Gasteiger partial charge in [0.1, 0.15) is 11.9 Å². The van der Waals surface area contributed by atoms with Crippen molar-refractivity contribution >= 4 is 12.0 Å². The van der Waals surface area contributed by atoms with Gasteiger partial charge in [0.25, 0.3) is 5.91 Å². The van der Waals surface area contributed by atoms with Crippen LogP contribution in [0.3, 0.4) is 0 Å². The fourth-order valence-electron chi connectivity index (χ4n) is 3.72. The molecule has 0 unspecified atom stereocenters. The third-order valence-electron chi connectivity index (χ3n) is 5.51. The number of rotatable bonds is 9. The largest absolute Gasteiger partial charge is 0.495 e. The molecular weight excluding hydrogens is 388 g/mol. The molecule has 2 N–H and O–H groups in total. The number of aromatic nitrogens is 1. The van der Waals surface area contributed by atoms with Crippen LogP contribution >= 0.6 is 0 Å². The molecule has 2 aliphatic rings. The van der Waals surface area contributed by atoms with Crippen LogP contribution in [0, 0.1) is 0 Å². The highest BCUT2D eigenvalue weighted by atomic mass is 16.5. The molecule has 166 valence electrons. The molecule has 1 aliphatic heterocycles. The third-order valence-corrected chi connectivity index (χ3v) is 5.51. The zero-order valence-electron chi connectivity index (χ0n) is 18.0. The van der Waals surface area contributed by atoms with Crippen LogP contribution in [-0.2, 0) is 20.7 Å². The Kier molecular flexibility index (Phi) is 7.87. The number of amides is 2. The second kappa shape index (κ2) is 10.6. The lowest BCUT2D eigenvalue weighted by atomic mass is 10.0. The van der Waals surface area contributed by atoms with E-state index in [1.807, 2.05) is 17.9 Å². The summed E-state index contributed by atoms with van der Waals surface area (Å²) in [5.41, 5.74) is 1.83. The molecule has 1 aromatic rings. The number of nitrogens with zero attached hydrogens (tertiary/aromatic N) is 2. The molecular formula is C21H32N4O5.